The maximum Gasteiger partial charge on any atom is 0.255 e. The molecule has 4 rings (SSSR count). The Labute approximate surface area is 155 Å². The summed E-state index contributed by atoms with van der Waals surface area (Å²) in [5.74, 6) is 0.0392. The molecule has 138 valence electrons. The monoisotopic (exact) mass is 367 g/mol. The molecule has 0 spiro atoms. The first-order chi connectivity index (χ1) is 13.1. The zero-order chi connectivity index (χ0) is 18.8. The molecule has 1 aromatic carbocycles. The van der Waals surface area contributed by atoms with Gasteiger partial charge in [-0.15, -0.1) is 0 Å². The van der Waals surface area contributed by atoms with Crippen LogP contribution in [0.4, 0.5) is 4.39 Å². The summed E-state index contributed by atoms with van der Waals surface area (Å²) in [5, 5.41) is 1.61. The summed E-state index contributed by atoms with van der Waals surface area (Å²) in [4.78, 5) is 23.0. The molecule has 3 heterocycles. The molecular weight excluding hydrogens is 349 g/mol. The summed E-state index contributed by atoms with van der Waals surface area (Å²) in [6, 6.07) is 9.72. The molecule has 0 saturated carbocycles. The van der Waals surface area contributed by atoms with Gasteiger partial charge in [0, 0.05) is 30.4 Å². The number of amides is 1. The second-order valence-corrected chi connectivity index (χ2v) is 6.30. The lowest BCUT2D eigenvalue weighted by Gasteiger charge is -2.32. The SMILES string of the molecule is COc1ccc(C(=O)N2CCO[C@H](c3cc4cc(F)ccc4cn3)C2)cn1. The average Bonchev–Trinajstić information content (AvgIpc) is 2.73. The topological polar surface area (TPSA) is 64.5 Å². The molecule has 2 aromatic heterocycles. The quantitative estimate of drug-likeness (QED) is 0.712. The van der Waals surface area contributed by atoms with Gasteiger partial charge in [0.2, 0.25) is 5.88 Å². The highest BCUT2D eigenvalue weighted by atomic mass is 19.1. The molecule has 1 saturated heterocycles. The molecular formula is C20H18FN3O3. The zero-order valence-corrected chi connectivity index (χ0v) is 14.8. The van der Waals surface area contributed by atoms with E-state index in [1.54, 1.807) is 29.3 Å². The van der Waals surface area contributed by atoms with Gasteiger partial charge in [-0.3, -0.25) is 9.78 Å². The van der Waals surface area contributed by atoms with Gasteiger partial charge < -0.3 is 14.4 Å². The van der Waals surface area contributed by atoms with Crippen LogP contribution in [0.15, 0.2) is 48.8 Å². The van der Waals surface area contributed by atoms with E-state index in [9.17, 15) is 9.18 Å². The number of hydrogen-bond donors (Lipinski definition) is 0. The number of fused-ring (bicyclic) bond motifs is 1. The number of hydrogen-bond acceptors (Lipinski definition) is 5. The number of methoxy groups -OCH3 is 1. The number of ether oxygens (including phenoxy) is 2. The summed E-state index contributed by atoms with van der Waals surface area (Å²) >= 11 is 0. The third-order valence-corrected chi connectivity index (χ3v) is 4.58. The van der Waals surface area contributed by atoms with E-state index < -0.39 is 0 Å². The molecule has 0 aliphatic carbocycles. The van der Waals surface area contributed by atoms with Crippen LogP contribution in [-0.2, 0) is 4.74 Å². The van der Waals surface area contributed by atoms with E-state index in [1.807, 2.05) is 6.07 Å². The van der Waals surface area contributed by atoms with Crippen LogP contribution in [0, 0.1) is 5.82 Å². The van der Waals surface area contributed by atoms with E-state index in [1.165, 1.54) is 25.4 Å². The van der Waals surface area contributed by atoms with Crippen molar-refractivity contribution in [2.24, 2.45) is 0 Å². The van der Waals surface area contributed by atoms with Gasteiger partial charge in [0.1, 0.15) is 11.9 Å². The minimum Gasteiger partial charge on any atom is -0.481 e. The highest BCUT2D eigenvalue weighted by Gasteiger charge is 2.27. The van der Waals surface area contributed by atoms with Crippen LogP contribution in [0.2, 0.25) is 0 Å². The number of carbonyl (C=O) groups is 1. The van der Waals surface area contributed by atoms with Crippen molar-refractivity contribution >= 4 is 16.7 Å². The van der Waals surface area contributed by atoms with Crippen molar-refractivity contribution in [1.29, 1.82) is 0 Å². The molecule has 27 heavy (non-hydrogen) atoms. The lowest BCUT2D eigenvalue weighted by Crippen LogP contribution is -2.42. The Hall–Kier alpha value is -3.06. The predicted molar refractivity (Wildman–Crippen MR) is 97.1 cm³/mol. The van der Waals surface area contributed by atoms with Crippen molar-refractivity contribution in [3.8, 4) is 5.88 Å². The van der Waals surface area contributed by atoms with Gasteiger partial charge in [0.25, 0.3) is 5.91 Å². The number of rotatable bonds is 3. The number of halogens is 1. The smallest absolute Gasteiger partial charge is 0.255 e. The number of pyridine rings is 2. The molecule has 1 amide bonds. The van der Waals surface area contributed by atoms with Gasteiger partial charge in [-0.05, 0) is 35.7 Å². The minimum absolute atomic E-state index is 0.120. The largest absolute Gasteiger partial charge is 0.481 e. The summed E-state index contributed by atoms with van der Waals surface area (Å²) in [6.45, 7) is 1.27. The average molecular weight is 367 g/mol. The second-order valence-electron chi connectivity index (χ2n) is 6.30. The van der Waals surface area contributed by atoms with E-state index in [4.69, 9.17) is 9.47 Å². The Morgan fingerprint density at radius 2 is 2.07 bits per heavy atom. The number of aromatic nitrogens is 2. The van der Waals surface area contributed by atoms with Gasteiger partial charge in [0.15, 0.2) is 0 Å². The van der Waals surface area contributed by atoms with Crippen molar-refractivity contribution in [1.82, 2.24) is 14.9 Å². The summed E-state index contributed by atoms with van der Waals surface area (Å²) in [5.41, 5.74) is 1.17. The fraction of sp³-hybridized carbons (Fsp3) is 0.250. The molecule has 7 heteroatoms. The maximum atomic E-state index is 13.5. The van der Waals surface area contributed by atoms with E-state index in [0.29, 0.717) is 36.8 Å². The van der Waals surface area contributed by atoms with Gasteiger partial charge in [0.05, 0.1) is 31.5 Å². The Morgan fingerprint density at radius 1 is 1.19 bits per heavy atom. The van der Waals surface area contributed by atoms with E-state index >= 15 is 0 Å². The lowest BCUT2D eigenvalue weighted by molar-refractivity contribution is -0.0246. The van der Waals surface area contributed by atoms with Crippen LogP contribution in [0.3, 0.4) is 0 Å². The van der Waals surface area contributed by atoms with Gasteiger partial charge in [-0.25, -0.2) is 9.37 Å². The highest BCUT2D eigenvalue weighted by Crippen LogP contribution is 2.25. The Morgan fingerprint density at radius 3 is 2.85 bits per heavy atom. The number of carbonyl (C=O) groups excluding carboxylic acids is 1. The Balaban J connectivity index is 1.54. The summed E-state index contributed by atoms with van der Waals surface area (Å²) in [7, 11) is 1.53. The fourth-order valence-electron chi connectivity index (χ4n) is 3.13. The summed E-state index contributed by atoms with van der Waals surface area (Å²) < 4.78 is 24.3. The van der Waals surface area contributed by atoms with Crippen LogP contribution in [0.5, 0.6) is 5.88 Å². The third-order valence-electron chi connectivity index (χ3n) is 4.58. The van der Waals surface area contributed by atoms with Crippen molar-refractivity contribution < 1.29 is 18.7 Å². The van der Waals surface area contributed by atoms with Crippen molar-refractivity contribution in [2.75, 3.05) is 26.8 Å². The number of benzene rings is 1. The van der Waals surface area contributed by atoms with Gasteiger partial charge in [-0.2, -0.15) is 0 Å². The van der Waals surface area contributed by atoms with E-state index in [2.05, 4.69) is 9.97 Å². The lowest BCUT2D eigenvalue weighted by atomic mass is 10.1. The number of morpholine rings is 1. The predicted octanol–water partition coefficient (Wildman–Crippen LogP) is 2.99. The molecule has 6 nitrogen and oxygen atoms in total. The van der Waals surface area contributed by atoms with Crippen LogP contribution < -0.4 is 4.74 Å². The first-order valence-electron chi connectivity index (χ1n) is 8.60. The summed E-state index contributed by atoms with van der Waals surface area (Å²) in [6.07, 6.45) is 2.84. The van der Waals surface area contributed by atoms with Crippen LogP contribution in [0.1, 0.15) is 22.2 Å². The molecule has 1 aliphatic rings. The van der Waals surface area contributed by atoms with E-state index in [0.717, 1.165) is 10.8 Å². The zero-order valence-electron chi connectivity index (χ0n) is 14.8. The molecule has 0 bridgehead atoms. The minimum atomic E-state index is -0.360. The van der Waals surface area contributed by atoms with Crippen LogP contribution in [-0.4, -0.2) is 47.6 Å². The Bertz CT molecular complexity index is 978. The van der Waals surface area contributed by atoms with Gasteiger partial charge in [-0.1, -0.05) is 0 Å². The molecule has 1 fully saturated rings. The van der Waals surface area contributed by atoms with Crippen molar-refractivity contribution in [3.05, 3.63) is 65.9 Å². The standard InChI is InChI=1S/C20H18FN3O3/c1-26-19-5-3-14(11-23-19)20(25)24-6-7-27-18(12-24)17-9-15-8-16(21)4-2-13(15)10-22-17/h2-5,8-11,18H,6-7,12H2,1H3/t18-/m0/s1. The van der Waals surface area contributed by atoms with Crippen LogP contribution in [0.25, 0.3) is 10.8 Å². The molecule has 1 aliphatic heterocycles. The van der Waals surface area contributed by atoms with Crippen molar-refractivity contribution in [2.45, 2.75) is 6.10 Å². The molecule has 0 N–H and O–H groups in total. The number of nitrogens with zero attached hydrogens (tertiary/aromatic N) is 3. The first-order valence-corrected chi connectivity index (χ1v) is 8.60. The molecule has 0 radical (unpaired) electrons. The molecule has 1 atom stereocenters. The normalized spacial score (nSPS) is 17.1. The molecule has 0 unspecified atom stereocenters. The second kappa shape index (κ2) is 7.28. The van der Waals surface area contributed by atoms with E-state index in [-0.39, 0.29) is 17.8 Å². The first kappa shape index (κ1) is 17.4. The maximum absolute atomic E-state index is 13.5. The Kier molecular flexibility index (Phi) is 4.68. The third kappa shape index (κ3) is 3.59. The fourth-order valence-corrected chi connectivity index (χ4v) is 3.13. The van der Waals surface area contributed by atoms with Crippen molar-refractivity contribution in [3.63, 3.8) is 0 Å². The molecule has 3 aromatic rings. The highest BCUT2D eigenvalue weighted by molar-refractivity contribution is 5.94. The van der Waals surface area contributed by atoms with Crippen LogP contribution >= 0.6 is 0 Å². The van der Waals surface area contributed by atoms with Gasteiger partial charge >= 0.3 is 0 Å².